The summed E-state index contributed by atoms with van der Waals surface area (Å²) in [6.45, 7) is 2.38. The summed E-state index contributed by atoms with van der Waals surface area (Å²) in [6, 6.07) is 3.77. The number of fused-ring (bicyclic) bond motifs is 1. The Morgan fingerprint density at radius 2 is 1.95 bits per heavy atom. The quantitative estimate of drug-likeness (QED) is 0.407. The van der Waals surface area contributed by atoms with Crippen molar-refractivity contribution in [3.8, 4) is 17.9 Å². The van der Waals surface area contributed by atoms with Crippen LogP contribution < -0.4 is 0 Å². The number of carbonyl (C=O) groups is 2. The summed E-state index contributed by atoms with van der Waals surface area (Å²) in [5.74, 6) is 1.41. The number of hydrogen-bond acceptors (Lipinski definition) is 4. The highest BCUT2D eigenvalue weighted by Gasteiger charge is 2.44. The molecule has 2 fully saturated rings. The van der Waals surface area contributed by atoms with Gasteiger partial charge in [-0.15, -0.1) is 5.92 Å². The van der Waals surface area contributed by atoms with Gasteiger partial charge in [-0.3, -0.25) is 9.59 Å². The van der Waals surface area contributed by atoms with Crippen molar-refractivity contribution in [3.05, 3.63) is 29.1 Å². The van der Waals surface area contributed by atoms with Crippen molar-refractivity contribution in [1.82, 2.24) is 14.5 Å². The second-order valence-electron chi connectivity index (χ2n) is 10.4. The molecule has 9 heteroatoms. The lowest BCUT2D eigenvalue weighted by Gasteiger charge is -2.31. The van der Waals surface area contributed by atoms with Crippen LogP contribution in [0, 0.1) is 40.9 Å². The summed E-state index contributed by atoms with van der Waals surface area (Å²) in [5, 5.41) is 19.5. The molecule has 1 aliphatic heterocycles. The first-order valence-corrected chi connectivity index (χ1v) is 12.9. The number of pyridine rings is 1. The minimum atomic E-state index is -2.53. The van der Waals surface area contributed by atoms with Gasteiger partial charge < -0.3 is 14.6 Å². The highest BCUT2D eigenvalue weighted by Crippen LogP contribution is 2.41. The van der Waals surface area contributed by atoms with E-state index in [2.05, 4.69) is 22.9 Å². The standard InChI is InChI=1S/C28H32F2N4O3/c1-18-16-34(17-22(18)27(36)37)26(35)24-21-11-20(14-31)15-32-25(21)33(2)23(24)10-8-6-4-3-5-7-9-19-12-28(29,30)13-19/h11,15,18-19,22H,3-6,8,10,12-13,16-17H2,1-2H3,(H,36,37)/t18-,22-/m1/s1. The third-order valence-electron chi connectivity index (χ3n) is 7.57. The molecule has 196 valence electrons. The number of carbonyl (C=O) groups excluding carboxylic acids is 1. The monoisotopic (exact) mass is 510 g/mol. The SMILES string of the molecule is C[C@@H]1CN(C(=O)c2c(CCCCCCC#CC3CC(F)(F)C3)n(C)c3ncc(C#N)cc23)C[C@H]1C(=O)O. The number of carboxylic acid groups (broad SMARTS) is 1. The molecule has 2 aliphatic rings. The molecular weight excluding hydrogens is 478 g/mol. The fraction of sp³-hybridized carbons (Fsp3) is 0.571. The number of unbranched alkanes of at least 4 members (excludes halogenated alkanes) is 4. The van der Waals surface area contributed by atoms with E-state index in [9.17, 15) is 28.7 Å². The van der Waals surface area contributed by atoms with Crippen LogP contribution in [0.5, 0.6) is 0 Å². The predicted molar refractivity (Wildman–Crippen MR) is 134 cm³/mol. The van der Waals surface area contributed by atoms with Crippen LogP contribution in [0.15, 0.2) is 12.3 Å². The molecule has 0 aromatic carbocycles. The minimum Gasteiger partial charge on any atom is -0.481 e. The molecule has 0 unspecified atom stereocenters. The fourth-order valence-electron chi connectivity index (χ4n) is 5.40. The van der Waals surface area contributed by atoms with Crippen LogP contribution in [0.4, 0.5) is 8.78 Å². The number of alkyl halides is 2. The number of rotatable bonds is 8. The van der Waals surface area contributed by atoms with E-state index in [-0.39, 0.29) is 37.1 Å². The van der Waals surface area contributed by atoms with Crippen molar-refractivity contribution >= 4 is 22.9 Å². The maximum atomic E-state index is 13.7. The molecule has 2 aromatic rings. The number of hydrogen-bond donors (Lipinski definition) is 1. The molecule has 37 heavy (non-hydrogen) atoms. The van der Waals surface area contributed by atoms with Crippen LogP contribution in [0.1, 0.15) is 73.5 Å². The third kappa shape index (κ3) is 5.77. The van der Waals surface area contributed by atoms with E-state index < -0.39 is 17.8 Å². The molecule has 7 nitrogen and oxygen atoms in total. The molecule has 1 saturated heterocycles. The molecule has 1 saturated carbocycles. The van der Waals surface area contributed by atoms with E-state index in [4.69, 9.17) is 0 Å². The van der Waals surface area contributed by atoms with E-state index in [1.807, 2.05) is 18.5 Å². The largest absolute Gasteiger partial charge is 0.481 e. The number of nitriles is 1. The van der Waals surface area contributed by atoms with Crippen molar-refractivity contribution in [2.45, 2.75) is 64.2 Å². The number of aromatic nitrogens is 2. The molecule has 2 aromatic heterocycles. The summed E-state index contributed by atoms with van der Waals surface area (Å²) < 4.78 is 27.6. The summed E-state index contributed by atoms with van der Waals surface area (Å²) in [5.41, 5.74) is 2.32. The molecule has 4 rings (SSSR count). The van der Waals surface area contributed by atoms with Gasteiger partial charge in [0.25, 0.3) is 11.8 Å². The highest BCUT2D eigenvalue weighted by molar-refractivity contribution is 6.08. The Labute approximate surface area is 215 Å². The average Bonchev–Trinajstić information content (AvgIpc) is 3.36. The predicted octanol–water partition coefficient (Wildman–Crippen LogP) is 4.78. The van der Waals surface area contributed by atoms with E-state index >= 15 is 0 Å². The highest BCUT2D eigenvalue weighted by atomic mass is 19.3. The lowest BCUT2D eigenvalue weighted by Crippen LogP contribution is -2.34. The van der Waals surface area contributed by atoms with Crippen molar-refractivity contribution in [2.24, 2.45) is 24.8 Å². The molecule has 1 aliphatic carbocycles. The number of carboxylic acids is 1. The lowest BCUT2D eigenvalue weighted by molar-refractivity contribution is -0.142. The lowest BCUT2D eigenvalue weighted by atomic mass is 9.82. The van der Waals surface area contributed by atoms with Gasteiger partial charge in [0.2, 0.25) is 0 Å². The van der Waals surface area contributed by atoms with Gasteiger partial charge in [-0.05, 0) is 31.2 Å². The van der Waals surface area contributed by atoms with Crippen LogP contribution in [0.2, 0.25) is 0 Å². The number of likely N-dealkylation sites (tertiary alicyclic amines) is 1. The zero-order valence-corrected chi connectivity index (χ0v) is 21.3. The summed E-state index contributed by atoms with van der Waals surface area (Å²) in [4.78, 5) is 31.3. The van der Waals surface area contributed by atoms with E-state index in [1.54, 1.807) is 11.0 Å². The molecule has 0 bridgehead atoms. The minimum absolute atomic E-state index is 0.121. The number of aryl methyl sites for hydroxylation is 1. The molecule has 0 spiro atoms. The number of aliphatic carboxylic acids is 1. The van der Waals surface area contributed by atoms with Gasteiger partial charge in [0.05, 0.1) is 17.0 Å². The van der Waals surface area contributed by atoms with Crippen LogP contribution in [0.3, 0.4) is 0 Å². The van der Waals surface area contributed by atoms with Gasteiger partial charge in [-0.25, -0.2) is 13.8 Å². The topological polar surface area (TPSA) is 99.2 Å². The summed E-state index contributed by atoms with van der Waals surface area (Å²) >= 11 is 0. The van der Waals surface area contributed by atoms with E-state index in [0.717, 1.165) is 31.4 Å². The average molecular weight is 511 g/mol. The maximum absolute atomic E-state index is 13.7. The first-order chi connectivity index (χ1) is 17.6. The molecule has 2 atom stereocenters. The second-order valence-corrected chi connectivity index (χ2v) is 10.4. The zero-order chi connectivity index (χ0) is 26.7. The first-order valence-electron chi connectivity index (χ1n) is 12.9. The summed E-state index contributed by atoms with van der Waals surface area (Å²) in [7, 11) is 1.86. The Hall–Kier alpha value is -3.46. The van der Waals surface area contributed by atoms with Gasteiger partial charge in [-0.2, -0.15) is 5.26 Å². The van der Waals surface area contributed by atoms with Crippen molar-refractivity contribution in [3.63, 3.8) is 0 Å². The Bertz CT molecular complexity index is 1290. The van der Waals surface area contributed by atoms with Crippen LogP contribution in [-0.2, 0) is 18.3 Å². The molecule has 1 amide bonds. The molecule has 1 N–H and O–H groups in total. The molecule has 3 heterocycles. The summed E-state index contributed by atoms with van der Waals surface area (Å²) in [6.07, 6.45) is 6.20. The van der Waals surface area contributed by atoms with Crippen LogP contribution >= 0.6 is 0 Å². The Balaban J connectivity index is 1.42. The van der Waals surface area contributed by atoms with Crippen molar-refractivity contribution < 1.29 is 23.5 Å². The van der Waals surface area contributed by atoms with Crippen LogP contribution in [-0.4, -0.2) is 50.4 Å². The van der Waals surface area contributed by atoms with Crippen molar-refractivity contribution in [1.29, 1.82) is 5.26 Å². The Morgan fingerprint density at radius 3 is 2.59 bits per heavy atom. The van der Waals surface area contributed by atoms with Gasteiger partial charge in [0, 0.05) is 62.6 Å². The van der Waals surface area contributed by atoms with Gasteiger partial charge in [0.15, 0.2) is 0 Å². The smallest absolute Gasteiger partial charge is 0.308 e. The van der Waals surface area contributed by atoms with E-state index in [1.165, 1.54) is 6.20 Å². The molecule has 0 radical (unpaired) electrons. The van der Waals surface area contributed by atoms with Gasteiger partial charge in [0.1, 0.15) is 11.7 Å². The van der Waals surface area contributed by atoms with Crippen molar-refractivity contribution in [2.75, 3.05) is 13.1 Å². The Kier molecular flexibility index (Phi) is 7.82. The fourth-order valence-corrected chi connectivity index (χ4v) is 5.40. The maximum Gasteiger partial charge on any atom is 0.308 e. The normalized spacial score (nSPS) is 20.8. The zero-order valence-electron chi connectivity index (χ0n) is 21.3. The van der Waals surface area contributed by atoms with Crippen LogP contribution in [0.25, 0.3) is 11.0 Å². The number of halogens is 2. The van der Waals surface area contributed by atoms with Gasteiger partial charge >= 0.3 is 5.97 Å². The first kappa shape index (κ1) is 26.6. The molecular formula is C28H32F2N4O3. The number of amides is 1. The third-order valence-corrected chi connectivity index (χ3v) is 7.57. The second kappa shape index (κ2) is 10.9. The Morgan fingerprint density at radius 1 is 1.22 bits per heavy atom. The number of nitrogens with zero attached hydrogens (tertiary/aromatic N) is 4. The van der Waals surface area contributed by atoms with Gasteiger partial charge in [-0.1, -0.05) is 25.7 Å². The van der Waals surface area contributed by atoms with E-state index in [0.29, 0.717) is 41.5 Å².